The second kappa shape index (κ2) is 9.09. The minimum Gasteiger partial charge on any atom is -0.374 e. The topological polar surface area (TPSA) is 34.0 Å². The smallest absolute Gasteiger partial charge is 0.144 e. The molecule has 152 valence electrons. The van der Waals surface area contributed by atoms with Crippen LogP contribution in [-0.2, 0) is 6.42 Å². The Morgan fingerprint density at radius 3 is 2.37 bits per heavy atom. The van der Waals surface area contributed by atoms with Gasteiger partial charge in [0.05, 0.1) is 5.69 Å². The van der Waals surface area contributed by atoms with Gasteiger partial charge < -0.3 is 4.90 Å². The highest BCUT2D eigenvalue weighted by molar-refractivity contribution is 6.30. The van der Waals surface area contributed by atoms with Gasteiger partial charge in [-0.05, 0) is 73.5 Å². The minimum absolute atomic E-state index is 0.261. The molecule has 2 heterocycles. The second-order valence-electron chi connectivity index (χ2n) is 7.14. The Hall–Kier alpha value is -3.18. The number of benzene rings is 2. The van der Waals surface area contributed by atoms with Crippen molar-refractivity contribution in [2.75, 3.05) is 18.5 Å². The van der Waals surface area contributed by atoms with Gasteiger partial charge >= 0.3 is 0 Å². The molecule has 0 aliphatic carbocycles. The van der Waals surface area contributed by atoms with E-state index in [1.807, 2.05) is 47.2 Å². The largest absolute Gasteiger partial charge is 0.374 e. The molecule has 4 aromatic rings. The standard InChI is InChI=1S/C24H22ClFN4/c1-29(22-12-14-27-15-13-22)16-2-3-21-17-30(23-10-6-19(25)7-11-23)24(28-21)18-4-8-20(26)9-5-18/h4-15,17H,2-3,16H2,1H3. The van der Waals surface area contributed by atoms with E-state index in [0.29, 0.717) is 5.02 Å². The number of nitrogens with zero attached hydrogens (tertiary/aromatic N) is 4. The summed E-state index contributed by atoms with van der Waals surface area (Å²) in [6.45, 7) is 0.906. The van der Waals surface area contributed by atoms with Crippen molar-refractivity contribution in [1.29, 1.82) is 0 Å². The molecule has 4 rings (SSSR count). The Balaban J connectivity index is 1.55. The first kappa shape index (κ1) is 20.1. The zero-order valence-electron chi connectivity index (χ0n) is 16.7. The van der Waals surface area contributed by atoms with Crippen molar-refractivity contribution in [2.45, 2.75) is 12.8 Å². The van der Waals surface area contributed by atoms with E-state index in [-0.39, 0.29) is 5.82 Å². The molecule has 0 unspecified atom stereocenters. The first-order valence-corrected chi connectivity index (χ1v) is 10.2. The predicted octanol–water partition coefficient (Wildman–Crippen LogP) is 5.80. The number of aromatic nitrogens is 3. The van der Waals surface area contributed by atoms with E-state index in [1.54, 1.807) is 24.5 Å². The molecule has 2 aromatic heterocycles. The number of aryl methyl sites for hydroxylation is 1. The van der Waals surface area contributed by atoms with E-state index < -0.39 is 0 Å². The number of halogens is 2. The van der Waals surface area contributed by atoms with Crippen molar-refractivity contribution in [2.24, 2.45) is 0 Å². The molecule has 0 fully saturated rings. The molecule has 2 aromatic carbocycles. The van der Waals surface area contributed by atoms with Crippen molar-refractivity contribution < 1.29 is 4.39 Å². The van der Waals surface area contributed by atoms with Gasteiger partial charge in [0.15, 0.2) is 0 Å². The molecule has 0 radical (unpaired) electrons. The number of anilines is 1. The maximum atomic E-state index is 13.4. The molecule has 0 spiro atoms. The summed E-state index contributed by atoms with van der Waals surface area (Å²) in [5.41, 5.74) is 3.97. The van der Waals surface area contributed by atoms with Gasteiger partial charge in [-0.1, -0.05) is 11.6 Å². The van der Waals surface area contributed by atoms with Gasteiger partial charge in [-0.25, -0.2) is 9.37 Å². The van der Waals surface area contributed by atoms with Gasteiger partial charge in [0.1, 0.15) is 11.6 Å². The second-order valence-corrected chi connectivity index (χ2v) is 7.58. The van der Waals surface area contributed by atoms with Gasteiger partial charge in [-0.3, -0.25) is 9.55 Å². The van der Waals surface area contributed by atoms with E-state index in [4.69, 9.17) is 16.6 Å². The van der Waals surface area contributed by atoms with Crippen LogP contribution in [0.2, 0.25) is 5.02 Å². The fourth-order valence-electron chi connectivity index (χ4n) is 3.38. The molecule has 0 aliphatic rings. The van der Waals surface area contributed by atoms with Crippen LogP contribution in [0.25, 0.3) is 17.1 Å². The Kier molecular flexibility index (Phi) is 6.10. The lowest BCUT2D eigenvalue weighted by Crippen LogP contribution is -2.18. The van der Waals surface area contributed by atoms with Crippen LogP contribution in [0.4, 0.5) is 10.1 Å². The fourth-order valence-corrected chi connectivity index (χ4v) is 3.50. The summed E-state index contributed by atoms with van der Waals surface area (Å²) in [7, 11) is 2.07. The number of hydrogen-bond acceptors (Lipinski definition) is 3. The van der Waals surface area contributed by atoms with Crippen LogP contribution in [0.3, 0.4) is 0 Å². The summed E-state index contributed by atoms with van der Waals surface area (Å²) in [5.74, 6) is 0.525. The first-order valence-electron chi connectivity index (χ1n) is 9.81. The van der Waals surface area contributed by atoms with Crippen molar-refractivity contribution in [3.05, 3.63) is 95.8 Å². The van der Waals surface area contributed by atoms with Crippen LogP contribution >= 0.6 is 11.6 Å². The van der Waals surface area contributed by atoms with Crippen molar-refractivity contribution >= 4 is 17.3 Å². The Morgan fingerprint density at radius 2 is 1.67 bits per heavy atom. The van der Waals surface area contributed by atoms with Crippen molar-refractivity contribution in [1.82, 2.24) is 14.5 Å². The van der Waals surface area contributed by atoms with Crippen LogP contribution < -0.4 is 4.90 Å². The molecule has 0 bridgehead atoms. The van der Waals surface area contributed by atoms with Crippen molar-refractivity contribution in [3.8, 4) is 17.1 Å². The van der Waals surface area contributed by atoms with Crippen LogP contribution in [0, 0.1) is 5.82 Å². The third-order valence-electron chi connectivity index (χ3n) is 4.99. The van der Waals surface area contributed by atoms with E-state index in [9.17, 15) is 4.39 Å². The van der Waals surface area contributed by atoms with Gasteiger partial charge in [0.25, 0.3) is 0 Å². The molecular weight excluding hydrogens is 399 g/mol. The first-order chi connectivity index (χ1) is 14.6. The number of imidazole rings is 1. The Labute approximate surface area is 180 Å². The van der Waals surface area contributed by atoms with Crippen LogP contribution in [-0.4, -0.2) is 28.1 Å². The van der Waals surface area contributed by atoms with E-state index in [1.165, 1.54) is 12.1 Å². The molecule has 4 nitrogen and oxygen atoms in total. The SMILES string of the molecule is CN(CCCc1cn(-c2ccc(Cl)cc2)c(-c2ccc(F)cc2)n1)c1ccncc1. The highest BCUT2D eigenvalue weighted by atomic mass is 35.5. The van der Waals surface area contributed by atoms with Crippen LogP contribution in [0.1, 0.15) is 12.1 Å². The molecule has 0 N–H and O–H groups in total. The van der Waals surface area contributed by atoms with Gasteiger partial charge in [-0.2, -0.15) is 0 Å². The monoisotopic (exact) mass is 420 g/mol. The average molecular weight is 421 g/mol. The van der Waals surface area contributed by atoms with Gasteiger partial charge in [0, 0.05) is 54.1 Å². The van der Waals surface area contributed by atoms with Crippen molar-refractivity contribution in [3.63, 3.8) is 0 Å². The Bertz CT molecular complexity index is 1030. The summed E-state index contributed by atoms with van der Waals surface area (Å²) in [4.78, 5) is 11.1. The third kappa shape index (κ3) is 4.69. The molecule has 30 heavy (non-hydrogen) atoms. The normalized spacial score (nSPS) is 10.9. The summed E-state index contributed by atoms with van der Waals surface area (Å²) >= 11 is 6.05. The average Bonchev–Trinajstić information content (AvgIpc) is 3.19. The highest BCUT2D eigenvalue weighted by Crippen LogP contribution is 2.25. The molecule has 6 heteroatoms. The fraction of sp³-hybridized carbons (Fsp3) is 0.167. The number of pyridine rings is 1. The zero-order valence-corrected chi connectivity index (χ0v) is 17.4. The lowest BCUT2D eigenvalue weighted by Gasteiger charge is -2.18. The van der Waals surface area contributed by atoms with E-state index in [2.05, 4.69) is 16.9 Å². The van der Waals surface area contributed by atoms with Gasteiger partial charge in [-0.15, -0.1) is 0 Å². The molecular formula is C24H22ClFN4. The highest BCUT2D eigenvalue weighted by Gasteiger charge is 2.12. The maximum Gasteiger partial charge on any atom is 0.144 e. The lowest BCUT2D eigenvalue weighted by atomic mass is 10.2. The Morgan fingerprint density at radius 1 is 0.967 bits per heavy atom. The quantitative estimate of drug-likeness (QED) is 0.379. The van der Waals surface area contributed by atoms with E-state index in [0.717, 1.165) is 47.8 Å². The summed E-state index contributed by atoms with van der Waals surface area (Å²) in [6.07, 6.45) is 7.45. The van der Waals surface area contributed by atoms with Gasteiger partial charge in [0.2, 0.25) is 0 Å². The number of hydrogen-bond donors (Lipinski definition) is 0. The summed E-state index contributed by atoms with van der Waals surface area (Å²) < 4.78 is 15.4. The molecule has 0 amide bonds. The summed E-state index contributed by atoms with van der Waals surface area (Å²) in [5, 5.41) is 0.682. The minimum atomic E-state index is -0.261. The van der Waals surface area contributed by atoms with Crippen LogP contribution in [0.15, 0.2) is 79.3 Å². The predicted molar refractivity (Wildman–Crippen MR) is 120 cm³/mol. The molecule has 0 aliphatic heterocycles. The number of rotatable bonds is 7. The van der Waals surface area contributed by atoms with E-state index >= 15 is 0 Å². The zero-order chi connectivity index (χ0) is 20.9. The summed E-state index contributed by atoms with van der Waals surface area (Å²) in [6, 6.07) is 18.1. The van der Waals surface area contributed by atoms with Crippen LogP contribution in [0.5, 0.6) is 0 Å². The maximum absolute atomic E-state index is 13.4. The molecule has 0 saturated carbocycles. The molecule has 0 saturated heterocycles. The lowest BCUT2D eigenvalue weighted by molar-refractivity contribution is 0.628. The third-order valence-corrected chi connectivity index (χ3v) is 5.24. The molecule has 0 atom stereocenters.